The Morgan fingerprint density at radius 1 is 1.52 bits per heavy atom. The van der Waals surface area contributed by atoms with Crippen molar-refractivity contribution in [2.24, 2.45) is 0 Å². The molecule has 2 aromatic heterocycles. The van der Waals surface area contributed by atoms with Crippen LogP contribution in [0.25, 0.3) is 4.96 Å². The number of ether oxygens (including phenoxy) is 1. The number of imidazole rings is 1. The molecule has 1 unspecified atom stereocenters. The third kappa shape index (κ3) is 3.06. The van der Waals surface area contributed by atoms with Crippen molar-refractivity contribution in [1.29, 1.82) is 0 Å². The molecule has 1 aliphatic rings. The van der Waals surface area contributed by atoms with Gasteiger partial charge >= 0.3 is 5.97 Å². The summed E-state index contributed by atoms with van der Waals surface area (Å²) in [5, 5.41) is 10.7. The average molecular weight is 309 g/mol. The van der Waals surface area contributed by atoms with Crippen molar-refractivity contribution in [3.8, 4) is 0 Å². The number of amides is 1. The molecule has 21 heavy (non-hydrogen) atoms. The van der Waals surface area contributed by atoms with Gasteiger partial charge in [0.25, 0.3) is 0 Å². The molecule has 3 heterocycles. The number of aromatic nitrogens is 2. The van der Waals surface area contributed by atoms with Crippen LogP contribution in [0.2, 0.25) is 0 Å². The van der Waals surface area contributed by atoms with Crippen molar-refractivity contribution in [1.82, 2.24) is 14.3 Å². The van der Waals surface area contributed by atoms with E-state index in [-0.39, 0.29) is 18.7 Å². The Balaban J connectivity index is 1.65. The van der Waals surface area contributed by atoms with Crippen molar-refractivity contribution < 1.29 is 19.4 Å². The molecule has 7 nitrogen and oxygen atoms in total. The highest BCUT2D eigenvalue weighted by atomic mass is 32.1. The van der Waals surface area contributed by atoms with Crippen LogP contribution in [0.5, 0.6) is 0 Å². The molecule has 1 atom stereocenters. The number of carboxylic acids is 1. The van der Waals surface area contributed by atoms with E-state index in [9.17, 15) is 9.59 Å². The lowest BCUT2D eigenvalue weighted by Gasteiger charge is -2.32. The van der Waals surface area contributed by atoms with Crippen molar-refractivity contribution in [2.45, 2.75) is 18.9 Å². The first kappa shape index (κ1) is 14.0. The van der Waals surface area contributed by atoms with Gasteiger partial charge in [-0.2, -0.15) is 0 Å². The minimum absolute atomic E-state index is 0.0120. The van der Waals surface area contributed by atoms with Crippen LogP contribution in [0.15, 0.2) is 17.8 Å². The summed E-state index contributed by atoms with van der Waals surface area (Å²) < 4.78 is 7.27. The third-order valence-corrected chi connectivity index (χ3v) is 4.35. The van der Waals surface area contributed by atoms with Gasteiger partial charge in [0.2, 0.25) is 5.91 Å². The van der Waals surface area contributed by atoms with Gasteiger partial charge in [0, 0.05) is 36.6 Å². The Labute approximate surface area is 124 Å². The molecule has 0 aromatic carbocycles. The SMILES string of the molecule is O=C(O)CC1CN(C(=O)Cc2csc3nccn23)CCO1. The van der Waals surface area contributed by atoms with Gasteiger partial charge in [0.1, 0.15) is 0 Å². The number of carbonyl (C=O) groups excluding carboxylic acids is 1. The van der Waals surface area contributed by atoms with Gasteiger partial charge in [-0.25, -0.2) is 4.98 Å². The van der Waals surface area contributed by atoms with Crippen LogP contribution in [-0.4, -0.2) is 57.1 Å². The van der Waals surface area contributed by atoms with Crippen molar-refractivity contribution in [3.63, 3.8) is 0 Å². The molecule has 0 bridgehead atoms. The van der Waals surface area contributed by atoms with Crippen LogP contribution in [0.1, 0.15) is 12.1 Å². The Hall–Kier alpha value is -1.93. The second-order valence-corrected chi connectivity index (χ2v) is 5.75. The Morgan fingerprint density at radius 3 is 3.19 bits per heavy atom. The topological polar surface area (TPSA) is 84.1 Å². The molecule has 3 rings (SSSR count). The lowest BCUT2D eigenvalue weighted by molar-refractivity contribution is -0.147. The highest BCUT2D eigenvalue weighted by Gasteiger charge is 2.26. The summed E-state index contributed by atoms with van der Waals surface area (Å²) in [6, 6.07) is 0. The number of thiazole rings is 1. The molecule has 0 saturated carbocycles. The van der Waals surface area contributed by atoms with E-state index in [0.29, 0.717) is 19.7 Å². The van der Waals surface area contributed by atoms with Gasteiger partial charge in [0.05, 0.1) is 25.6 Å². The number of hydrogen-bond donors (Lipinski definition) is 1. The smallest absolute Gasteiger partial charge is 0.306 e. The van der Waals surface area contributed by atoms with Gasteiger partial charge in [0.15, 0.2) is 4.96 Å². The first-order chi connectivity index (χ1) is 10.1. The second-order valence-electron chi connectivity index (χ2n) is 4.91. The van der Waals surface area contributed by atoms with E-state index in [4.69, 9.17) is 9.84 Å². The Morgan fingerprint density at radius 2 is 2.38 bits per heavy atom. The zero-order valence-corrected chi connectivity index (χ0v) is 12.1. The number of carbonyl (C=O) groups is 2. The standard InChI is InChI=1S/C13H15N3O4S/c17-11(5-9-8-21-13-14-1-2-16(9)13)15-3-4-20-10(7-15)6-12(18)19/h1-2,8,10H,3-7H2,(H,18,19). The molecule has 1 amide bonds. The fourth-order valence-electron chi connectivity index (χ4n) is 2.43. The van der Waals surface area contributed by atoms with Crippen LogP contribution >= 0.6 is 11.3 Å². The molecule has 0 radical (unpaired) electrons. The lowest BCUT2D eigenvalue weighted by Crippen LogP contribution is -2.46. The summed E-state index contributed by atoms with van der Waals surface area (Å²) in [5.41, 5.74) is 0.902. The van der Waals surface area contributed by atoms with Crippen molar-refractivity contribution in [2.75, 3.05) is 19.7 Å². The molecule has 2 aromatic rings. The van der Waals surface area contributed by atoms with Gasteiger partial charge in [-0.1, -0.05) is 0 Å². The summed E-state index contributed by atoms with van der Waals surface area (Å²) in [5.74, 6) is -0.922. The summed E-state index contributed by atoms with van der Waals surface area (Å²) in [4.78, 5) is 29.8. The summed E-state index contributed by atoms with van der Waals surface area (Å²) in [7, 11) is 0. The quantitative estimate of drug-likeness (QED) is 0.896. The first-order valence-electron chi connectivity index (χ1n) is 6.64. The predicted octanol–water partition coefficient (Wildman–Crippen LogP) is 0.640. The zero-order valence-electron chi connectivity index (χ0n) is 11.3. The van der Waals surface area contributed by atoms with Gasteiger partial charge in [-0.3, -0.25) is 14.0 Å². The van der Waals surface area contributed by atoms with Crippen molar-refractivity contribution >= 4 is 28.2 Å². The van der Waals surface area contributed by atoms with Gasteiger partial charge in [-0.15, -0.1) is 11.3 Å². The maximum absolute atomic E-state index is 12.4. The summed E-state index contributed by atoms with van der Waals surface area (Å²) >= 11 is 1.50. The largest absolute Gasteiger partial charge is 0.481 e. The molecule has 8 heteroatoms. The van der Waals surface area contributed by atoms with Gasteiger partial charge < -0.3 is 14.7 Å². The van der Waals surface area contributed by atoms with E-state index in [1.165, 1.54) is 11.3 Å². The molecule has 1 fully saturated rings. The van der Waals surface area contributed by atoms with E-state index in [1.807, 2.05) is 16.0 Å². The Kier molecular flexibility index (Phi) is 3.89. The van der Waals surface area contributed by atoms with Crippen LogP contribution in [-0.2, 0) is 20.7 Å². The normalized spacial score (nSPS) is 19.0. The fourth-order valence-corrected chi connectivity index (χ4v) is 3.28. The monoisotopic (exact) mass is 309 g/mol. The molecule has 0 spiro atoms. The average Bonchev–Trinajstić information content (AvgIpc) is 3.03. The lowest BCUT2D eigenvalue weighted by atomic mass is 10.2. The maximum atomic E-state index is 12.4. The molecular formula is C13H15N3O4S. The number of hydrogen-bond acceptors (Lipinski definition) is 5. The number of nitrogens with zero attached hydrogens (tertiary/aromatic N) is 3. The van der Waals surface area contributed by atoms with E-state index < -0.39 is 12.1 Å². The number of morpholine rings is 1. The van der Waals surface area contributed by atoms with Crippen LogP contribution < -0.4 is 0 Å². The van der Waals surface area contributed by atoms with Crippen molar-refractivity contribution in [3.05, 3.63) is 23.5 Å². The number of aliphatic carboxylic acids is 1. The maximum Gasteiger partial charge on any atom is 0.306 e. The number of carboxylic acid groups (broad SMARTS) is 1. The molecule has 1 saturated heterocycles. The summed E-state index contributed by atoms with van der Waals surface area (Å²) in [6.45, 7) is 1.22. The molecule has 0 aliphatic carbocycles. The molecule has 112 valence electrons. The fraction of sp³-hybridized carbons (Fsp3) is 0.462. The van der Waals surface area contributed by atoms with Gasteiger partial charge in [-0.05, 0) is 0 Å². The van der Waals surface area contributed by atoms with E-state index >= 15 is 0 Å². The molecule has 1 N–H and O–H groups in total. The van der Waals surface area contributed by atoms with E-state index in [1.54, 1.807) is 11.1 Å². The Bertz CT molecular complexity index is 665. The van der Waals surface area contributed by atoms with Crippen LogP contribution in [0.4, 0.5) is 0 Å². The van der Waals surface area contributed by atoms with Crippen LogP contribution in [0, 0.1) is 0 Å². The summed E-state index contributed by atoms with van der Waals surface area (Å²) in [6.07, 6.45) is 3.33. The molecular weight excluding hydrogens is 294 g/mol. The first-order valence-corrected chi connectivity index (χ1v) is 7.52. The number of fused-ring (bicyclic) bond motifs is 1. The second kappa shape index (κ2) is 5.82. The highest BCUT2D eigenvalue weighted by Crippen LogP contribution is 2.17. The zero-order chi connectivity index (χ0) is 14.8. The van der Waals surface area contributed by atoms with E-state index in [2.05, 4.69) is 4.98 Å². The minimum Gasteiger partial charge on any atom is -0.481 e. The predicted molar refractivity (Wildman–Crippen MR) is 75.3 cm³/mol. The molecule has 1 aliphatic heterocycles. The van der Waals surface area contributed by atoms with E-state index in [0.717, 1.165) is 10.7 Å². The minimum atomic E-state index is -0.910. The highest BCUT2D eigenvalue weighted by molar-refractivity contribution is 7.15. The number of rotatable bonds is 4. The van der Waals surface area contributed by atoms with Crippen LogP contribution in [0.3, 0.4) is 0 Å². The third-order valence-electron chi connectivity index (χ3n) is 3.44.